The van der Waals surface area contributed by atoms with Gasteiger partial charge in [0.25, 0.3) is 0 Å². The highest BCUT2D eigenvalue weighted by atomic mass is 79.9. The van der Waals surface area contributed by atoms with Gasteiger partial charge in [-0.05, 0) is 53.2 Å². The Bertz CT molecular complexity index is 1620. The van der Waals surface area contributed by atoms with Crippen molar-refractivity contribution in [2.45, 2.75) is 37.7 Å². The van der Waals surface area contributed by atoms with Gasteiger partial charge in [-0.3, -0.25) is 0 Å². The fourth-order valence-electron chi connectivity index (χ4n) is 4.62. The molecule has 2 N–H and O–H groups in total. The maximum atomic E-state index is 14.1. The lowest BCUT2D eigenvalue weighted by Crippen LogP contribution is -2.45. The summed E-state index contributed by atoms with van der Waals surface area (Å²) in [7, 11) is 0. The summed E-state index contributed by atoms with van der Waals surface area (Å²) < 4.78 is 38.1. The number of rotatable bonds is 5. The molecule has 0 aliphatic carbocycles. The Morgan fingerprint density at radius 2 is 2.00 bits per heavy atom. The summed E-state index contributed by atoms with van der Waals surface area (Å²) >= 11 is 4.37. The van der Waals surface area contributed by atoms with Crippen molar-refractivity contribution in [3.05, 3.63) is 69.8 Å². The van der Waals surface area contributed by atoms with Crippen LogP contribution in [0, 0.1) is 18.6 Å². The summed E-state index contributed by atoms with van der Waals surface area (Å²) in [6.45, 7) is 1.32. The Labute approximate surface area is 226 Å². The molecule has 4 heterocycles. The first-order valence-electron chi connectivity index (χ1n) is 11.6. The Kier molecular flexibility index (Phi) is 6.52. The predicted molar refractivity (Wildman–Crippen MR) is 137 cm³/mol. The van der Waals surface area contributed by atoms with E-state index >= 15 is 0 Å². The molecule has 1 aliphatic heterocycles. The minimum Gasteiger partial charge on any atom is -0.394 e. The van der Waals surface area contributed by atoms with Crippen LogP contribution in [0.5, 0.6) is 0 Å². The summed E-state index contributed by atoms with van der Waals surface area (Å²) in [6, 6.07) is 7.37. The smallest absolute Gasteiger partial charge is 0.161 e. The fourth-order valence-corrected chi connectivity index (χ4v) is 5.55. The molecule has 0 bridgehead atoms. The van der Waals surface area contributed by atoms with E-state index in [4.69, 9.17) is 4.74 Å². The highest BCUT2D eigenvalue weighted by molar-refractivity contribution is 9.10. The molecule has 0 saturated carbocycles. The number of ether oxygens (including phenoxy) is 1. The lowest BCUT2D eigenvalue weighted by Gasteiger charge is -2.38. The van der Waals surface area contributed by atoms with Gasteiger partial charge in [-0.25, -0.2) is 28.1 Å². The summed E-state index contributed by atoms with van der Waals surface area (Å²) in [5, 5.41) is 33.7. The highest BCUT2D eigenvalue weighted by Crippen LogP contribution is 2.38. The fraction of sp³-hybridized carbons (Fsp3) is 0.292. The second-order valence-corrected chi connectivity index (χ2v) is 10.6. The van der Waals surface area contributed by atoms with Gasteiger partial charge in [0, 0.05) is 12.0 Å². The third-order valence-electron chi connectivity index (χ3n) is 6.46. The molecular weight excluding hydrogens is 584 g/mol. The van der Waals surface area contributed by atoms with Crippen LogP contribution in [0.1, 0.15) is 30.2 Å². The Morgan fingerprint density at radius 1 is 1.21 bits per heavy atom. The molecule has 1 fully saturated rings. The maximum Gasteiger partial charge on any atom is 0.161 e. The van der Waals surface area contributed by atoms with Gasteiger partial charge in [-0.15, -0.1) is 16.4 Å². The van der Waals surface area contributed by atoms with Crippen molar-refractivity contribution in [2.75, 3.05) is 6.61 Å². The number of aliphatic hydroxyl groups excluding tert-OH is 2. The van der Waals surface area contributed by atoms with Crippen molar-refractivity contribution in [1.29, 1.82) is 0 Å². The van der Waals surface area contributed by atoms with Gasteiger partial charge in [0.15, 0.2) is 5.82 Å². The van der Waals surface area contributed by atoms with Crippen LogP contribution in [0.3, 0.4) is 0 Å². The second-order valence-electron chi connectivity index (χ2n) is 8.91. The minimum atomic E-state index is -1.13. The number of hydrogen-bond acceptors (Lipinski definition) is 9. The monoisotopic (exact) mass is 603 g/mol. The van der Waals surface area contributed by atoms with E-state index in [2.05, 4.69) is 41.3 Å². The average molecular weight is 604 g/mol. The first-order valence-corrected chi connectivity index (χ1v) is 13.3. The molecule has 4 unspecified atom stereocenters. The SMILES string of the molecule is Cc1nc(C2CC(n3cc(-c4cc(F)c(Br)c(F)c4)nn3)C(O)C(CO)O2)n(-c2ccc3ncsc3c2)n1. The van der Waals surface area contributed by atoms with E-state index in [9.17, 15) is 19.0 Å². The standard InChI is InChI=1S/C24H20BrF2N7O3S/c1-11-29-24(34(31-11)13-2-3-16-21(6-13)38-10-28-16)19-7-18(23(36)20(9-35)37-19)33-8-17(30-32-33)12-4-14(26)22(25)15(27)5-12/h2-6,8,10,18-20,23,35-36H,7,9H2,1H3. The number of aryl methyl sites for hydroxylation is 1. The van der Waals surface area contributed by atoms with Gasteiger partial charge < -0.3 is 14.9 Å². The number of hydrogen-bond donors (Lipinski definition) is 2. The molecule has 14 heteroatoms. The highest BCUT2D eigenvalue weighted by Gasteiger charge is 2.41. The molecule has 1 saturated heterocycles. The number of nitrogens with zero attached hydrogens (tertiary/aromatic N) is 7. The number of fused-ring (bicyclic) bond motifs is 1. The number of benzene rings is 2. The predicted octanol–water partition coefficient (Wildman–Crippen LogP) is 3.91. The molecule has 1 aliphatic rings. The van der Waals surface area contributed by atoms with E-state index in [0.29, 0.717) is 11.6 Å². The van der Waals surface area contributed by atoms with Crippen molar-refractivity contribution in [3.63, 3.8) is 0 Å². The minimum absolute atomic E-state index is 0.195. The molecule has 196 valence electrons. The molecule has 38 heavy (non-hydrogen) atoms. The van der Waals surface area contributed by atoms with Crippen molar-refractivity contribution in [1.82, 2.24) is 34.7 Å². The number of thiazole rings is 1. The molecule has 0 radical (unpaired) electrons. The van der Waals surface area contributed by atoms with Crippen molar-refractivity contribution in [3.8, 4) is 16.9 Å². The Morgan fingerprint density at radius 3 is 2.76 bits per heavy atom. The first-order chi connectivity index (χ1) is 18.3. The van der Waals surface area contributed by atoms with Gasteiger partial charge in [-0.1, -0.05) is 5.21 Å². The van der Waals surface area contributed by atoms with Crippen molar-refractivity contribution in [2.24, 2.45) is 0 Å². The van der Waals surface area contributed by atoms with Crippen molar-refractivity contribution < 1.29 is 23.7 Å². The molecule has 4 atom stereocenters. The topological polar surface area (TPSA) is 124 Å². The lowest BCUT2D eigenvalue weighted by atomic mass is 9.95. The number of halogens is 3. The zero-order valence-electron chi connectivity index (χ0n) is 19.7. The van der Waals surface area contributed by atoms with Gasteiger partial charge in [0.2, 0.25) is 0 Å². The molecule has 10 nitrogen and oxygen atoms in total. The third kappa shape index (κ3) is 4.41. The van der Waals surface area contributed by atoms with Crippen LogP contribution in [-0.4, -0.2) is 63.8 Å². The van der Waals surface area contributed by atoms with Gasteiger partial charge in [0.1, 0.15) is 41.5 Å². The van der Waals surface area contributed by atoms with Crippen LogP contribution in [0.2, 0.25) is 0 Å². The third-order valence-corrected chi connectivity index (χ3v) is 8.01. The van der Waals surface area contributed by atoms with E-state index < -0.39 is 42.6 Å². The lowest BCUT2D eigenvalue weighted by molar-refractivity contribution is -0.161. The van der Waals surface area contributed by atoms with Crippen LogP contribution in [0.15, 0.2) is 46.5 Å². The molecule has 5 aromatic rings. The van der Waals surface area contributed by atoms with E-state index in [1.165, 1.54) is 22.2 Å². The van der Waals surface area contributed by atoms with Crippen LogP contribution in [-0.2, 0) is 4.74 Å². The summed E-state index contributed by atoms with van der Waals surface area (Å²) in [5.41, 5.74) is 3.84. The Hall–Kier alpha value is -3.17. The summed E-state index contributed by atoms with van der Waals surface area (Å²) in [5.74, 6) is -0.516. The van der Waals surface area contributed by atoms with Gasteiger partial charge >= 0.3 is 0 Å². The number of aromatic nitrogens is 7. The Balaban J connectivity index is 1.35. The zero-order valence-corrected chi connectivity index (χ0v) is 22.1. The second kappa shape index (κ2) is 9.85. The summed E-state index contributed by atoms with van der Waals surface area (Å²) in [4.78, 5) is 8.91. The average Bonchev–Trinajstić information content (AvgIpc) is 3.66. The molecule has 3 aromatic heterocycles. The molecule has 2 aromatic carbocycles. The van der Waals surface area contributed by atoms with Crippen molar-refractivity contribution >= 4 is 37.5 Å². The maximum absolute atomic E-state index is 14.1. The molecular formula is C24H20BrF2N7O3S. The van der Waals surface area contributed by atoms with Crippen LogP contribution in [0.4, 0.5) is 8.78 Å². The zero-order chi connectivity index (χ0) is 26.6. The van der Waals surface area contributed by atoms with E-state index in [-0.39, 0.29) is 22.2 Å². The van der Waals surface area contributed by atoms with Gasteiger partial charge in [0.05, 0.1) is 44.7 Å². The largest absolute Gasteiger partial charge is 0.394 e. The molecule has 0 spiro atoms. The first kappa shape index (κ1) is 25.1. The number of aliphatic hydroxyl groups is 2. The van der Waals surface area contributed by atoms with Crippen LogP contribution < -0.4 is 0 Å². The van der Waals surface area contributed by atoms with E-state index in [0.717, 1.165) is 28.0 Å². The quantitative estimate of drug-likeness (QED) is 0.290. The normalized spacial score (nSPS) is 21.8. The van der Waals surface area contributed by atoms with E-state index in [1.807, 2.05) is 18.2 Å². The summed E-state index contributed by atoms with van der Waals surface area (Å²) in [6.07, 6.45) is -1.00. The van der Waals surface area contributed by atoms with Crippen LogP contribution in [0.25, 0.3) is 27.2 Å². The molecule has 0 amide bonds. The van der Waals surface area contributed by atoms with Gasteiger partial charge in [-0.2, -0.15) is 5.10 Å². The van der Waals surface area contributed by atoms with Crippen LogP contribution >= 0.6 is 27.3 Å². The van der Waals surface area contributed by atoms with E-state index in [1.54, 1.807) is 17.1 Å². The molecule has 6 rings (SSSR count).